The van der Waals surface area contributed by atoms with Gasteiger partial charge < -0.3 is 14.6 Å². The van der Waals surface area contributed by atoms with E-state index >= 15 is 0 Å². The van der Waals surface area contributed by atoms with Crippen molar-refractivity contribution in [1.29, 1.82) is 0 Å². The summed E-state index contributed by atoms with van der Waals surface area (Å²) in [6.07, 6.45) is 0.976. The lowest BCUT2D eigenvalue weighted by Crippen LogP contribution is -2.18. The predicted molar refractivity (Wildman–Crippen MR) is 62.4 cm³/mol. The Morgan fingerprint density at radius 1 is 1.06 bits per heavy atom. The van der Waals surface area contributed by atoms with E-state index in [9.17, 15) is 14.7 Å². The summed E-state index contributed by atoms with van der Waals surface area (Å²) < 4.78 is 9.66. The fourth-order valence-corrected chi connectivity index (χ4v) is 1.14. The van der Waals surface area contributed by atoms with E-state index in [-0.39, 0.29) is 25.2 Å². The van der Waals surface area contributed by atoms with Crippen molar-refractivity contribution in [3.8, 4) is 0 Å². The highest BCUT2D eigenvalue weighted by Crippen LogP contribution is 2.05. The third-order valence-electron chi connectivity index (χ3n) is 2.02. The lowest BCUT2D eigenvalue weighted by Gasteiger charge is -2.09. The highest BCUT2D eigenvalue weighted by Gasteiger charge is 2.14. The average molecular weight is 246 g/mol. The molecule has 0 heterocycles. The Bertz CT molecular complexity index is 227. The van der Waals surface area contributed by atoms with Gasteiger partial charge in [-0.25, -0.2) is 0 Å². The fourth-order valence-electron chi connectivity index (χ4n) is 1.14. The Morgan fingerprint density at radius 3 is 2.12 bits per heavy atom. The summed E-state index contributed by atoms with van der Waals surface area (Å²) in [5, 5.41) is 9.48. The van der Waals surface area contributed by atoms with Crippen LogP contribution in [0, 0.1) is 0 Å². The lowest BCUT2D eigenvalue weighted by molar-refractivity contribution is -0.148. The highest BCUT2D eigenvalue weighted by atomic mass is 16.5. The Balaban J connectivity index is 3.60. The Labute approximate surface area is 102 Å². The minimum Gasteiger partial charge on any atom is -0.466 e. The monoisotopic (exact) mass is 246 g/mol. The van der Waals surface area contributed by atoms with Gasteiger partial charge in [0.2, 0.25) is 0 Å². The molecule has 0 aliphatic carbocycles. The largest absolute Gasteiger partial charge is 0.466 e. The number of ether oxygens (including phenoxy) is 2. The Kier molecular flexibility index (Phi) is 9.43. The summed E-state index contributed by atoms with van der Waals surface area (Å²) in [7, 11) is 0. The molecule has 0 aliphatic heterocycles. The fraction of sp³-hybridized carbons (Fsp3) is 0.833. The van der Waals surface area contributed by atoms with Gasteiger partial charge >= 0.3 is 11.9 Å². The summed E-state index contributed by atoms with van der Waals surface area (Å²) in [4.78, 5) is 22.2. The van der Waals surface area contributed by atoms with Crippen molar-refractivity contribution in [3.63, 3.8) is 0 Å². The normalized spacial score (nSPS) is 11.9. The van der Waals surface area contributed by atoms with Crippen LogP contribution >= 0.6 is 0 Å². The average Bonchev–Trinajstić information content (AvgIpc) is 2.31. The summed E-state index contributed by atoms with van der Waals surface area (Å²) in [6, 6.07) is 0. The summed E-state index contributed by atoms with van der Waals surface area (Å²) in [6.45, 7) is 4.57. The van der Waals surface area contributed by atoms with Crippen molar-refractivity contribution in [2.45, 2.75) is 52.1 Å². The number of hydrogen-bond acceptors (Lipinski definition) is 5. The third-order valence-corrected chi connectivity index (χ3v) is 2.02. The quantitative estimate of drug-likeness (QED) is 0.623. The summed E-state index contributed by atoms with van der Waals surface area (Å²) in [5.41, 5.74) is 0. The van der Waals surface area contributed by atoms with Crippen LogP contribution in [0.1, 0.15) is 46.0 Å². The number of hydrogen-bond donors (Lipinski definition) is 1. The number of rotatable bonds is 9. The van der Waals surface area contributed by atoms with Crippen LogP contribution in [0.5, 0.6) is 0 Å². The number of aliphatic hydroxyl groups excluding tert-OH is 1. The third kappa shape index (κ3) is 9.81. The van der Waals surface area contributed by atoms with E-state index in [0.717, 1.165) is 12.8 Å². The van der Waals surface area contributed by atoms with Gasteiger partial charge in [-0.05, 0) is 19.3 Å². The SMILES string of the molecule is CCCOC(=O)CC[C@H](O)CC(=O)OCCC. The molecule has 0 amide bonds. The van der Waals surface area contributed by atoms with Gasteiger partial charge in [0.25, 0.3) is 0 Å². The molecule has 0 bridgehead atoms. The number of carbonyl (C=O) groups excluding carboxylic acids is 2. The number of carbonyl (C=O) groups is 2. The molecule has 100 valence electrons. The van der Waals surface area contributed by atoms with Crippen LogP contribution in [-0.2, 0) is 19.1 Å². The van der Waals surface area contributed by atoms with E-state index in [1.165, 1.54) is 0 Å². The van der Waals surface area contributed by atoms with Gasteiger partial charge in [0, 0.05) is 6.42 Å². The first-order chi connectivity index (χ1) is 8.10. The standard InChI is InChI=1S/C12H22O5/c1-3-7-16-11(14)6-5-10(13)9-12(15)17-8-4-2/h10,13H,3-9H2,1-2H3/t10-/m0/s1. The second kappa shape index (κ2) is 10.1. The van der Waals surface area contributed by atoms with Gasteiger partial charge in [0.15, 0.2) is 0 Å². The summed E-state index contributed by atoms with van der Waals surface area (Å²) >= 11 is 0. The molecule has 0 unspecified atom stereocenters. The van der Waals surface area contributed by atoms with Crippen LogP contribution < -0.4 is 0 Å². The molecular formula is C12H22O5. The van der Waals surface area contributed by atoms with Gasteiger partial charge in [0.1, 0.15) is 0 Å². The van der Waals surface area contributed by atoms with Crippen LogP contribution in [0.3, 0.4) is 0 Å². The maximum Gasteiger partial charge on any atom is 0.308 e. The highest BCUT2D eigenvalue weighted by molar-refractivity contribution is 5.71. The van der Waals surface area contributed by atoms with Crippen molar-refractivity contribution in [3.05, 3.63) is 0 Å². The molecule has 0 aliphatic rings. The molecule has 17 heavy (non-hydrogen) atoms. The Morgan fingerprint density at radius 2 is 1.59 bits per heavy atom. The van der Waals surface area contributed by atoms with Crippen LogP contribution in [-0.4, -0.2) is 36.4 Å². The first kappa shape index (κ1) is 15.9. The topological polar surface area (TPSA) is 72.8 Å². The van der Waals surface area contributed by atoms with Gasteiger partial charge in [-0.2, -0.15) is 0 Å². The predicted octanol–water partition coefficient (Wildman–Crippen LogP) is 1.42. The van der Waals surface area contributed by atoms with E-state index in [2.05, 4.69) is 0 Å². The second-order valence-corrected chi connectivity index (χ2v) is 3.84. The van der Waals surface area contributed by atoms with Crippen LogP contribution in [0.4, 0.5) is 0 Å². The van der Waals surface area contributed by atoms with E-state index in [1.807, 2.05) is 13.8 Å². The minimum absolute atomic E-state index is 0.0684. The molecule has 0 aromatic heterocycles. The molecule has 1 N–H and O–H groups in total. The molecule has 0 saturated heterocycles. The zero-order chi connectivity index (χ0) is 13.1. The molecule has 5 heteroatoms. The number of esters is 2. The summed E-state index contributed by atoms with van der Waals surface area (Å²) in [5.74, 6) is -0.769. The maximum absolute atomic E-state index is 11.1. The van der Waals surface area contributed by atoms with E-state index in [1.54, 1.807) is 0 Å². The molecule has 0 saturated carbocycles. The lowest BCUT2D eigenvalue weighted by atomic mass is 10.1. The molecule has 0 fully saturated rings. The van der Waals surface area contributed by atoms with Crippen molar-refractivity contribution in [1.82, 2.24) is 0 Å². The zero-order valence-electron chi connectivity index (χ0n) is 10.6. The first-order valence-electron chi connectivity index (χ1n) is 6.09. The molecule has 0 radical (unpaired) electrons. The molecule has 0 aromatic carbocycles. The number of aliphatic hydroxyl groups is 1. The van der Waals surface area contributed by atoms with Crippen molar-refractivity contribution in [2.75, 3.05) is 13.2 Å². The Hall–Kier alpha value is -1.10. The molecule has 0 spiro atoms. The minimum atomic E-state index is -0.839. The van der Waals surface area contributed by atoms with Crippen molar-refractivity contribution >= 4 is 11.9 Å². The molecule has 5 nitrogen and oxygen atoms in total. The van der Waals surface area contributed by atoms with Gasteiger partial charge in [0.05, 0.1) is 25.7 Å². The molecule has 0 aromatic rings. The molecule has 1 atom stereocenters. The van der Waals surface area contributed by atoms with Crippen LogP contribution in [0.15, 0.2) is 0 Å². The van der Waals surface area contributed by atoms with Gasteiger partial charge in [-0.3, -0.25) is 9.59 Å². The van der Waals surface area contributed by atoms with E-state index in [0.29, 0.717) is 13.2 Å². The van der Waals surface area contributed by atoms with E-state index < -0.39 is 12.1 Å². The van der Waals surface area contributed by atoms with E-state index in [4.69, 9.17) is 9.47 Å². The van der Waals surface area contributed by atoms with Crippen LogP contribution in [0.2, 0.25) is 0 Å². The van der Waals surface area contributed by atoms with Crippen molar-refractivity contribution in [2.24, 2.45) is 0 Å². The molecule has 0 rings (SSSR count). The van der Waals surface area contributed by atoms with Crippen molar-refractivity contribution < 1.29 is 24.2 Å². The first-order valence-corrected chi connectivity index (χ1v) is 6.09. The zero-order valence-corrected chi connectivity index (χ0v) is 10.6. The van der Waals surface area contributed by atoms with Gasteiger partial charge in [-0.1, -0.05) is 13.8 Å². The van der Waals surface area contributed by atoms with Crippen LogP contribution in [0.25, 0.3) is 0 Å². The van der Waals surface area contributed by atoms with Gasteiger partial charge in [-0.15, -0.1) is 0 Å². The molecular weight excluding hydrogens is 224 g/mol. The smallest absolute Gasteiger partial charge is 0.308 e. The second-order valence-electron chi connectivity index (χ2n) is 3.84. The maximum atomic E-state index is 11.1.